The van der Waals surface area contributed by atoms with E-state index in [4.69, 9.17) is 9.47 Å². The lowest BCUT2D eigenvalue weighted by Crippen LogP contribution is -2.44. The first-order chi connectivity index (χ1) is 8.01. The van der Waals surface area contributed by atoms with Crippen molar-refractivity contribution >= 4 is 5.91 Å². The molecule has 0 aliphatic rings. The number of nitrogens with one attached hydrogen (secondary N) is 2. The Morgan fingerprint density at radius 3 is 2.53 bits per heavy atom. The molecule has 3 N–H and O–H groups in total. The minimum absolute atomic E-state index is 0.0500. The number of ether oxygens (including phenoxy) is 2. The molecular weight excluding hydrogens is 224 g/mol. The van der Waals surface area contributed by atoms with Gasteiger partial charge in [-0.25, -0.2) is 0 Å². The average molecular weight is 248 g/mol. The molecule has 0 saturated carbocycles. The third-order valence-corrected chi connectivity index (χ3v) is 2.27. The van der Waals surface area contributed by atoms with Gasteiger partial charge in [-0.2, -0.15) is 0 Å². The molecule has 6 nitrogen and oxygen atoms in total. The number of likely N-dealkylation sites (N-methyl/N-ethyl adjacent to an activating group) is 1. The van der Waals surface area contributed by atoms with E-state index in [2.05, 4.69) is 10.6 Å². The Labute approximate surface area is 103 Å². The monoisotopic (exact) mass is 248 g/mol. The van der Waals surface area contributed by atoms with Crippen LogP contribution in [-0.2, 0) is 14.3 Å². The van der Waals surface area contributed by atoms with E-state index in [9.17, 15) is 9.90 Å². The van der Waals surface area contributed by atoms with E-state index in [1.165, 1.54) is 0 Å². The van der Waals surface area contributed by atoms with Crippen molar-refractivity contribution in [3.05, 3.63) is 0 Å². The molecule has 3 unspecified atom stereocenters. The molecule has 1 amide bonds. The Morgan fingerprint density at radius 2 is 2.00 bits per heavy atom. The maximum atomic E-state index is 11.2. The van der Waals surface area contributed by atoms with Crippen LogP contribution in [0.5, 0.6) is 0 Å². The van der Waals surface area contributed by atoms with Crippen LogP contribution in [0.4, 0.5) is 0 Å². The fourth-order valence-electron chi connectivity index (χ4n) is 1.24. The Balaban J connectivity index is 3.65. The van der Waals surface area contributed by atoms with E-state index in [1.54, 1.807) is 21.1 Å². The summed E-state index contributed by atoms with van der Waals surface area (Å²) in [7, 11) is 3.18. The molecule has 3 atom stereocenters. The van der Waals surface area contributed by atoms with Gasteiger partial charge in [0.15, 0.2) is 0 Å². The third-order valence-electron chi connectivity index (χ3n) is 2.27. The van der Waals surface area contributed by atoms with Crippen molar-refractivity contribution in [2.45, 2.75) is 32.1 Å². The molecule has 0 aromatic heterocycles. The summed E-state index contributed by atoms with van der Waals surface area (Å²) in [4.78, 5) is 11.2. The largest absolute Gasteiger partial charge is 0.389 e. The zero-order valence-electron chi connectivity index (χ0n) is 11.0. The van der Waals surface area contributed by atoms with E-state index in [0.717, 1.165) is 0 Å². The van der Waals surface area contributed by atoms with Crippen LogP contribution in [0.1, 0.15) is 13.8 Å². The third kappa shape index (κ3) is 8.09. The Bertz CT molecular complexity index is 214. The van der Waals surface area contributed by atoms with E-state index >= 15 is 0 Å². The molecule has 102 valence electrons. The number of aliphatic hydroxyl groups is 1. The molecule has 0 aromatic rings. The normalized spacial score (nSPS) is 16.3. The van der Waals surface area contributed by atoms with Gasteiger partial charge in [0.05, 0.1) is 31.5 Å². The standard InChI is InChI=1S/C11H24N2O4/c1-8(6-16-4)17-7-10(14)5-13-9(2)11(15)12-3/h8-10,13-14H,5-7H2,1-4H3,(H,12,15). The van der Waals surface area contributed by atoms with Crippen LogP contribution in [0.3, 0.4) is 0 Å². The average Bonchev–Trinajstić information content (AvgIpc) is 2.32. The summed E-state index contributed by atoms with van der Waals surface area (Å²) in [6.07, 6.45) is -0.688. The lowest BCUT2D eigenvalue weighted by atomic mass is 10.3. The highest BCUT2D eigenvalue weighted by Crippen LogP contribution is 1.94. The van der Waals surface area contributed by atoms with Crippen LogP contribution >= 0.6 is 0 Å². The number of aliphatic hydroxyl groups excluding tert-OH is 1. The predicted molar refractivity (Wildman–Crippen MR) is 64.8 cm³/mol. The number of carbonyl (C=O) groups excluding carboxylic acids is 1. The van der Waals surface area contributed by atoms with Crippen molar-refractivity contribution in [2.75, 3.05) is 33.9 Å². The summed E-state index contributed by atoms with van der Waals surface area (Å²) in [6, 6.07) is -0.328. The quantitative estimate of drug-likeness (QED) is 0.494. The smallest absolute Gasteiger partial charge is 0.236 e. The van der Waals surface area contributed by atoms with Crippen LogP contribution < -0.4 is 10.6 Å². The number of methoxy groups -OCH3 is 1. The summed E-state index contributed by atoms with van der Waals surface area (Å²) >= 11 is 0. The second-order valence-corrected chi connectivity index (χ2v) is 4.00. The van der Waals surface area contributed by atoms with E-state index in [0.29, 0.717) is 13.2 Å². The molecule has 0 saturated heterocycles. The maximum Gasteiger partial charge on any atom is 0.236 e. The molecule has 0 aliphatic carbocycles. The Hall–Kier alpha value is -0.690. The summed E-state index contributed by atoms with van der Waals surface area (Å²) in [5.41, 5.74) is 0. The number of hydrogen-bond acceptors (Lipinski definition) is 5. The van der Waals surface area contributed by atoms with Gasteiger partial charge in [0.2, 0.25) is 5.91 Å². The van der Waals surface area contributed by atoms with Gasteiger partial charge in [0.25, 0.3) is 0 Å². The zero-order chi connectivity index (χ0) is 13.3. The first-order valence-electron chi connectivity index (χ1n) is 5.74. The van der Waals surface area contributed by atoms with Gasteiger partial charge in [-0.05, 0) is 13.8 Å². The minimum atomic E-state index is -0.638. The molecule has 0 aromatic carbocycles. The molecule has 0 spiro atoms. The second-order valence-electron chi connectivity index (χ2n) is 4.00. The van der Waals surface area contributed by atoms with Crippen molar-refractivity contribution in [1.29, 1.82) is 0 Å². The van der Waals surface area contributed by atoms with Crippen LogP contribution in [-0.4, -0.2) is 63.2 Å². The van der Waals surface area contributed by atoms with Crippen molar-refractivity contribution in [1.82, 2.24) is 10.6 Å². The van der Waals surface area contributed by atoms with Gasteiger partial charge < -0.3 is 25.2 Å². The summed E-state index contributed by atoms with van der Waals surface area (Å²) < 4.78 is 10.3. The molecule has 6 heteroatoms. The zero-order valence-corrected chi connectivity index (χ0v) is 11.0. The highest BCUT2D eigenvalue weighted by Gasteiger charge is 2.13. The maximum absolute atomic E-state index is 11.2. The van der Waals surface area contributed by atoms with Gasteiger partial charge in [-0.3, -0.25) is 4.79 Å². The Kier molecular flexibility index (Phi) is 8.97. The van der Waals surface area contributed by atoms with Crippen molar-refractivity contribution in [3.63, 3.8) is 0 Å². The van der Waals surface area contributed by atoms with Gasteiger partial charge >= 0.3 is 0 Å². The summed E-state index contributed by atoms with van der Waals surface area (Å²) in [5, 5.41) is 15.0. The molecule has 0 rings (SSSR count). The Morgan fingerprint density at radius 1 is 1.35 bits per heavy atom. The lowest BCUT2D eigenvalue weighted by molar-refractivity contribution is -0.122. The predicted octanol–water partition coefficient (Wildman–Crippen LogP) is -0.877. The van der Waals surface area contributed by atoms with Gasteiger partial charge in [-0.15, -0.1) is 0 Å². The number of hydrogen-bond donors (Lipinski definition) is 3. The van der Waals surface area contributed by atoms with Crippen LogP contribution in [0.25, 0.3) is 0 Å². The van der Waals surface area contributed by atoms with Crippen molar-refractivity contribution in [3.8, 4) is 0 Å². The number of carbonyl (C=O) groups is 1. The summed E-state index contributed by atoms with van der Waals surface area (Å²) in [5.74, 6) is -0.106. The molecule has 0 fully saturated rings. The molecular formula is C11H24N2O4. The highest BCUT2D eigenvalue weighted by molar-refractivity contribution is 5.80. The SMILES string of the molecule is CNC(=O)C(C)NCC(O)COC(C)COC. The van der Waals surface area contributed by atoms with Gasteiger partial charge in [0.1, 0.15) is 0 Å². The molecule has 0 aliphatic heterocycles. The first kappa shape index (κ1) is 16.3. The van der Waals surface area contributed by atoms with Crippen LogP contribution in [0.15, 0.2) is 0 Å². The molecule has 17 heavy (non-hydrogen) atoms. The van der Waals surface area contributed by atoms with Crippen molar-refractivity contribution in [2.24, 2.45) is 0 Å². The molecule has 0 radical (unpaired) electrons. The molecule has 0 heterocycles. The van der Waals surface area contributed by atoms with E-state index < -0.39 is 6.10 Å². The lowest BCUT2D eigenvalue weighted by Gasteiger charge is -2.18. The highest BCUT2D eigenvalue weighted by atomic mass is 16.5. The minimum Gasteiger partial charge on any atom is -0.389 e. The summed E-state index contributed by atoms with van der Waals surface area (Å²) in [6.45, 7) is 4.64. The molecule has 0 bridgehead atoms. The second kappa shape index (κ2) is 9.35. The van der Waals surface area contributed by atoms with E-state index in [-0.39, 0.29) is 24.7 Å². The number of amides is 1. The fraction of sp³-hybridized carbons (Fsp3) is 0.909. The fourth-order valence-corrected chi connectivity index (χ4v) is 1.24. The van der Waals surface area contributed by atoms with Crippen LogP contribution in [0, 0.1) is 0 Å². The van der Waals surface area contributed by atoms with Crippen LogP contribution in [0.2, 0.25) is 0 Å². The van der Waals surface area contributed by atoms with E-state index in [1.807, 2.05) is 6.92 Å². The van der Waals surface area contributed by atoms with Gasteiger partial charge in [-0.1, -0.05) is 0 Å². The topological polar surface area (TPSA) is 79.8 Å². The van der Waals surface area contributed by atoms with Gasteiger partial charge in [0, 0.05) is 20.7 Å². The first-order valence-corrected chi connectivity index (χ1v) is 5.74. The number of rotatable bonds is 9. The van der Waals surface area contributed by atoms with Crippen molar-refractivity contribution < 1.29 is 19.4 Å².